The van der Waals surface area contributed by atoms with Gasteiger partial charge in [-0.1, -0.05) is 18.2 Å². The molecule has 0 saturated heterocycles. The van der Waals surface area contributed by atoms with Gasteiger partial charge >= 0.3 is 0 Å². The van der Waals surface area contributed by atoms with Crippen molar-refractivity contribution in [3.63, 3.8) is 0 Å². The van der Waals surface area contributed by atoms with E-state index in [-0.39, 0.29) is 5.54 Å². The van der Waals surface area contributed by atoms with Gasteiger partial charge in [-0.2, -0.15) is 0 Å². The van der Waals surface area contributed by atoms with E-state index >= 15 is 0 Å². The fourth-order valence-corrected chi connectivity index (χ4v) is 2.54. The first-order valence-corrected chi connectivity index (χ1v) is 7.59. The molecule has 0 heterocycles. The van der Waals surface area contributed by atoms with Gasteiger partial charge < -0.3 is 5.32 Å². The zero-order chi connectivity index (χ0) is 13.6. The van der Waals surface area contributed by atoms with Crippen molar-refractivity contribution < 1.29 is 8.42 Å². The van der Waals surface area contributed by atoms with Gasteiger partial charge in [0.15, 0.2) is 0 Å². The smallest absolute Gasteiger partial charge is 0.240 e. The van der Waals surface area contributed by atoms with E-state index in [0.29, 0.717) is 11.4 Å². The highest BCUT2D eigenvalue weighted by Gasteiger charge is 2.12. The van der Waals surface area contributed by atoms with Crippen molar-refractivity contribution in [2.24, 2.45) is 0 Å². The maximum absolute atomic E-state index is 11.9. The van der Waals surface area contributed by atoms with Gasteiger partial charge in [-0.3, -0.25) is 0 Å². The second-order valence-corrected chi connectivity index (χ2v) is 7.01. The van der Waals surface area contributed by atoms with Crippen molar-refractivity contribution >= 4 is 10.0 Å². The quantitative estimate of drug-likeness (QED) is 0.774. The molecule has 18 heavy (non-hydrogen) atoms. The summed E-state index contributed by atoms with van der Waals surface area (Å²) in [5, 5.41) is 3.31. The molecule has 2 N–H and O–H groups in total. The zero-order valence-electron chi connectivity index (χ0n) is 11.2. The van der Waals surface area contributed by atoms with Crippen LogP contribution in [0.4, 0.5) is 0 Å². The highest BCUT2D eigenvalue weighted by atomic mass is 32.2. The Bertz CT molecular complexity index is 450. The van der Waals surface area contributed by atoms with E-state index in [1.807, 2.05) is 0 Å². The SMILES string of the molecule is CC(C)(C)NCCCNS(=O)(=O)c1ccccc1. The zero-order valence-corrected chi connectivity index (χ0v) is 12.0. The average Bonchev–Trinajstić information content (AvgIpc) is 2.28. The Morgan fingerprint density at radius 3 is 2.22 bits per heavy atom. The Morgan fingerprint density at radius 1 is 1.06 bits per heavy atom. The van der Waals surface area contributed by atoms with Crippen molar-refractivity contribution in [2.45, 2.75) is 37.6 Å². The summed E-state index contributed by atoms with van der Waals surface area (Å²) in [7, 11) is -3.35. The summed E-state index contributed by atoms with van der Waals surface area (Å²) in [6.07, 6.45) is 0.767. The predicted molar refractivity (Wildman–Crippen MR) is 74.0 cm³/mol. The van der Waals surface area contributed by atoms with E-state index in [0.717, 1.165) is 13.0 Å². The van der Waals surface area contributed by atoms with Crippen molar-refractivity contribution in [1.29, 1.82) is 0 Å². The third kappa shape index (κ3) is 5.62. The molecule has 1 rings (SSSR count). The molecular formula is C13H22N2O2S. The molecular weight excluding hydrogens is 248 g/mol. The molecule has 4 nitrogen and oxygen atoms in total. The summed E-state index contributed by atoms with van der Waals surface area (Å²) in [6, 6.07) is 8.42. The summed E-state index contributed by atoms with van der Waals surface area (Å²) in [5.74, 6) is 0. The molecule has 0 unspecified atom stereocenters. The summed E-state index contributed by atoms with van der Waals surface area (Å²) in [5.41, 5.74) is 0.0678. The maximum Gasteiger partial charge on any atom is 0.240 e. The van der Waals surface area contributed by atoms with Crippen LogP contribution in [0.3, 0.4) is 0 Å². The first-order valence-electron chi connectivity index (χ1n) is 6.11. The number of benzene rings is 1. The van der Waals surface area contributed by atoms with Crippen LogP contribution in [0.25, 0.3) is 0 Å². The van der Waals surface area contributed by atoms with Crippen LogP contribution in [0.5, 0.6) is 0 Å². The summed E-state index contributed by atoms with van der Waals surface area (Å²) in [4.78, 5) is 0.314. The molecule has 102 valence electrons. The molecule has 0 aliphatic carbocycles. The van der Waals surface area contributed by atoms with Crippen LogP contribution in [0, 0.1) is 0 Å². The Morgan fingerprint density at radius 2 is 1.67 bits per heavy atom. The Kier molecular flexibility index (Phi) is 5.31. The molecule has 0 aromatic heterocycles. The van der Waals surface area contributed by atoms with Crippen LogP contribution in [0.2, 0.25) is 0 Å². The van der Waals surface area contributed by atoms with Crippen LogP contribution in [-0.4, -0.2) is 27.0 Å². The van der Waals surface area contributed by atoms with Gasteiger partial charge in [-0.25, -0.2) is 13.1 Å². The molecule has 0 fully saturated rings. The monoisotopic (exact) mass is 270 g/mol. The third-order valence-corrected chi connectivity index (χ3v) is 3.83. The number of hydrogen-bond donors (Lipinski definition) is 2. The lowest BCUT2D eigenvalue weighted by Gasteiger charge is -2.20. The highest BCUT2D eigenvalue weighted by molar-refractivity contribution is 7.89. The molecule has 0 radical (unpaired) electrons. The molecule has 0 atom stereocenters. The largest absolute Gasteiger partial charge is 0.312 e. The van der Waals surface area contributed by atoms with Gasteiger partial charge in [0.1, 0.15) is 0 Å². The number of rotatable bonds is 6. The Balaban J connectivity index is 2.36. The van der Waals surface area contributed by atoms with Gasteiger partial charge in [-0.15, -0.1) is 0 Å². The lowest BCUT2D eigenvalue weighted by molar-refractivity contribution is 0.422. The van der Waals surface area contributed by atoms with E-state index < -0.39 is 10.0 Å². The molecule has 1 aromatic rings. The lowest BCUT2D eigenvalue weighted by Crippen LogP contribution is -2.37. The molecule has 0 saturated carbocycles. The van der Waals surface area contributed by atoms with Crippen molar-refractivity contribution in [1.82, 2.24) is 10.0 Å². The van der Waals surface area contributed by atoms with E-state index in [1.54, 1.807) is 30.3 Å². The van der Waals surface area contributed by atoms with E-state index in [2.05, 4.69) is 30.8 Å². The Labute approximate surface area is 110 Å². The molecule has 0 aliphatic rings. The molecule has 1 aromatic carbocycles. The van der Waals surface area contributed by atoms with Crippen LogP contribution in [-0.2, 0) is 10.0 Å². The average molecular weight is 270 g/mol. The van der Waals surface area contributed by atoms with Crippen molar-refractivity contribution in [2.75, 3.05) is 13.1 Å². The molecule has 0 spiro atoms. The van der Waals surface area contributed by atoms with E-state index in [4.69, 9.17) is 0 Å². The summed E-state index contributed by atoms with van der Waals surface area (Å²) >= 11 is 0. The van der Waals surface area contributed by atoms with Gasteiger partial charge in [-0.05, 0) is 45.9 Å². The molecule has 0 bridgehead atoms. The Hall–Kier alpha value is -0.910. The number of sulfonamides is 1. The molecule has 5 heteroatoms. The maximum atomic E-state index is 11.9. The van der Waals surface area contributed by atoms with Gasteiger partial charge in [0.25, 0.3) is 0 Å². The molecule has 0 amide bonds. The highest BCUT2D eigenvalue weighted by Crippen LogP contribution is 2.06. The van der Waals surface area contributed by atoms with Crippen LogP contribution in [0.1, 0.15) is 27.2 Å². The van der Waals surface area contributed by atoms with Crippen molar-refractivity contribution in [3.8, 4) is 0 Å². The first kappa shape index (κ1) is 15.1. The fraction of sp³-hybridized carbons (Fsp3) is 0.538. The summed E-state index contributed by atoms with van der Waals surface area (Å²) < 4.78 is 26.3. The lowest BCUT2D eigenvalue weighted by atomic mass is 10.1. The number of hydrogen-bond acceptors (Lipinski definition) is 3. The minimum atomic E-state index is -3.35. The van der Waals surface area contributed by atoms with Crippen LogP contribution >= 0.6 is 0 Å². The van der Waals surface area contributed by atoms with Crippen LogP contribution in [0.15, 0.2) is 35.2 Å². The van der Waals surface area contributed by atoms with Crippen molar-refractivity contribution in [3.05, 3.63) is 30.3 Å². The van der Waals surface area contributed by atoms with E-state index in [1.165, 1.54) is 0 Å². The predicted octanol–water partition coefficient (Wildman–Crippen LogP) is 1.74. The minimum Gasteiger partial charge on any atom is -0.312 e. The normalized spacial score (nSPS) is 12.6. The van der Waals surface area contributed by atoms with Gasteiger partial charge in [0.05, 0.1) is 4.90 Å². The second kappa shape index (κ2) is 6.31. The first-order chi connectivity index (χ1) is 8.31. The minimum absolute atomic E-state index is 0.0678. The standard InChI is InChI=1S/C13H22N2O2S/c1-13(2,3)14-10-7-11-15-18(16,17)12-8-5-4-6-9-12/h4-6,8-9,14-15H,7,10-11H2,1-3H3. The van der Waals surface area contributed by atoms with E-state index in [9.17, 15) is 8.42 Å². The number of nitrogens with one attached hydrogen (secondary N) is 2. The summed E-state index contributed by atoms with van der Waals surface area (Å²) in [6.45, 7) is 7.49. The fourth-order valence-electron chi connectivity index (χ4n) is 1.44. The van der Waals surface area contributed by atoms with Crippen LogP contribution < -0.4 is 10.0 Å². The molecule has 0 aliphatic heterocycles. The topological polar surface area (TPSA) is 58.2 Å². The van der Waals surface area contributed by atoms with Gasteiger partial charge in [0, 0.05) is 12.1 Å². The second-order valence-electron chi connectivity index (χ2n) is 5.24. The third-order valence-electron chi connectivity index (χ3n) is 2.35. The van der Waals surface area contributed by atoms with Gasteiger partial charge in [0.2, 0.25) is 10.0 Å².